The summed E-state index contributed by atoms with van der Waals surface area (Å²) in [7, 11) is 0. The van der Waals surface area contributed by atoms with E-state index in [9.17, 15) is 4.79 Å². The summed E-state index contributed by atoms with van der Waals surface area (Å²) in [5.74, 6) is 4.50. The van der Waals surface area contributed by atoms with E-state index >= 15 is 0 Å². The molecular formula is C24H40O3S. The Balaban J connectivity index is 1.28. The molecule has 160 valence electrons. The van der Waals surface area contributed by atoms with Crippen molar-refractivity contribution in [1.29, 1.82) is 0 Å². The highest BCUT2D eigenvalue weighted by molar-refractivity contribution is 7.99. The van der Waals surface area contributed by atoms with E-state index in [4.69, 9.17) is 9.84 Å². The normalized spacial score (nSPS) is 30.4. The molecule has 28 heavy (non-hydrogen) atoms. The number of thioether (sulfide) groups is 1. The second-order valence-electron chi connectivity index (χ2n) is 9.19. The minimum Gasteiger partial charge on any atom is -0.481 e. The van der Waals surface area contributed by atoms with Crippen LogP contribution in [0.1, 0.15) is 89.9 Å². The Morgan fingerprint density at radius 2 is 1.75 bits per heavy atom. The fourth-order valence-corrected chi connectivity index (χ4v) is 6.77. The SMILES string of the molecule is O=C(O)CCCC=CC[C@@H]1[C@H](CCCCSCC2CCCCC2)[C@@H]2CC[C@H]1O2. The fourth-order valence-electron chi connectivity index (χ4n) is 5.53. The number of allylic oxidation sites excluding steroid dienone is 2. The molecule has 2 bridgehead atoms. The van der Waals surface area contributed by atoms with Crippen LogP contribution in [-0.4, -0.2) is 34.8 Å². The molecular weight excluding hydrogens is 368 g/mol. The molecule has 0 aromatic heterocycles. The van der Waals surface area contributed by atoms with Crippen LogP contribution in [0.4, 0.5) is 0 Å². The number of hydrogen-bond donors (Lipinski definition) is 1. The van der Waals surface area contributed by atoms with E-state index in [1.165, 1.54) is 75.7 Å². The monoisotopic (exact) mass is 408 g/mol. The minimum atomic E-state index is -0.688. The van der Waals surface area contributed by atoms with Crippen LogP contribution in [0.15, 0.2) is 12.2 Å². The van der Waals surface area contributed by atoms with E-state index in [1.807, 2.05) is 0 Å². The zero-order valence-corrected chi connectivity index (χ0v) is 18.3. The van der Waals surface area contributed by atoms with Crippen molar-refractivity contribution in [3.63, 3.8) is 0 Å². The largest absolute Gasteiger partial charge is 0.481 e. The Labute approximate surface area is 176 Å². The summed E-state index contributed by atoms with van der Waals surface area (Å²) in [4.78, 5) is 10.6. The van der Waals surface area contributed by atoms with Gasteiger partial charge in [0, 0.05) is 6.42 Å². The van der Waals surface area contributed by atoms with Crippen LogP contribution in [0.25, 0.3) is 0 Å². The molecule has 1 N–H and O–H groups in total. The van der Waals surface area contributed by atoms with Gasteiger partial charge in [-0.15, -0.1) is 0 Å². The standard InChI is InChI=1S/C24H40O3S/c25-24(26)14-7-2-1-6-12-20-21(23-16-15-22(20)27-23)13-8-9-17-28-18-19-10-4-3-5-11-19/h1,6,19-23H,2-5,7-18H2,(H,25,26)/t20-,21+,22-,23+/m1/s1. The average molecular weight is 409 g/mol. The Bertz CT molecular complexity index is 486. The van der Waals surface area contributed by atoms with E-state index in [0.717, 1.165) is 31.1 Å². The third kappa shape index (κ3) is 7.09. The maximum atomic E-state index is 10.6. The lowest BCUT2D eigenvalue weighted by Gasteiger charge is -2.27. The second-order valence-corrected chi connectivity index (χ2v) is 10.3. The Morgan fingerprint density at radius 1 is 0.964 bits per heavy atom. The molecule has 0 aromatic carbocycles. The van der Waals surface area contributed by atoms with Gasteiger partial charge in [-0.1, -0.05) is 37.8 Å². The first-order valence-corrected chi connectivity index (χ1v) is 13.0. The van der Waals surface area contributed by atoms with Gasteiger partial charge in [-0.05, 0) is 87.0 Å². The molecule has 0 spiro atoms. The molecule has 2 saturated heterocycles. The summed E-state index contributed by atoms with van der Waals surface area (Å²) in [5, 5.41) is 8.71. The number of rotatable bonds is 13. The van der Waals surface area contributed by atoms with E-state index in [0.29, 0.717) is 18.1 Å². The predicted octanol–water partition coefficient (Wildman–Crippen LogP) is 6.47. The Morgan fingerprint density at radius 3 is 2.54 bits per heavy atom. The fraction of sp³-hybridized carbons (Fsp3) is 0.875. The average Bonchev–Trinajstić information content (AvgIpc) is 3.30. The first kappa shape index (κ1) is 22.2. The van der Waals surface area contributed by atoms with Gasteiger partial charge in [0.1, 0.15) is 0 Å². The van der Waals surface area contributed by atoms with Gasteiger partial charge >= 0.3 is 5.97 Å². The van der Waals surface area contributed by atoms with Crippen LogP contribution >= 0.6 is 11.8 Å². The first-order chi connectivity index (χ1) is 13.7. The number of carbonyl (C=O) groups is 1. The van der Waals surface area contributed by atoms with Crippen LogP contribution < -0.4 is 0 Å². The van der Waals surface area contributed by atoms with E-state index in [-0.39, 0.29) is 6.42 Å². The Kier molecular flexibility index (Phi) is 9.73. The number of ether oxygens (including phenoxy) is 1. The summed E-state index contributed by atoms with van der Waals surface area (Å²) in [6, 6.07) is 0. The molecule has 4 atom stereocenters. The van der Waals surface area contributed by atoms with Crippen molar-refractivity contribution in [3.05, 3.63) is 12.2 Å². The third-order valence-electron chi connectivity index (χ3n) is 7.08. The summed E-state index contributed by atoms with van der Waals surface area (Å²) in [6.45, 7) is 0. The first-order valence-electron chi connectivity index (χ1n) is 11.8. The van der Waals surface area contributed by atoms with Gasteiger partial charge in [-0.2, -0.15) is 11.8 Å². The number of carboxylic acids is 1. The molecule has 2 aliphatic heterocycles. The van der Waals surface area contributed by atoms with Gasteiger partial charge in [-0.25, -0.2) is 0 Å². The summed E-state index contributed by atoms with van der Waals surface area (Å²) in [6.07, 6.45) is 22.4. The zero-order chi connectivity index (χ0) is 19.6. The lowest BCUT2D eigenvalue weighted by Crippen LogP contribution is -2.26. The van der Waals surface area contributed by atoms with Crippen molar-refractivity contribution in [1.82, 2.24) is 0 Å². The van der Waals surface area contributed by atoms with Gasteiger partial charge in [0.2, 0.25) is 0 Å². The molecule has 3 nitrogen and oxygen atoms in total. The lowest BCUT2D eigenvalue weighted by atomic mass is 9.75. The molecule has 1 saturated carbocycles. The topological polar surface area (TPSA) is 46.5 Å². The van der Waals surface area contributed by atoms with Gasteiger partial charge < -0.3 is 9.84 Å². The maximum absolute atomic E-state index is 10.6. The molecule has 3 rings (SSSR count). The smallest absolute Gasteiger partial charge is 0.303 e. The molecule has 2 heterocycles. The van der Waals surface area contributed by atoms with E-state index in [1.54, 1.807) is 0 Å². The highest BCUT2D eigenvalue weighted by Gasteiger charge is 2.47. The maximum Gasteiger partial charge on any atom is 0.303 e. The van der Waals surface area contributed by atoms with Gasteiger partial charge in [-0.3, -0.25) is 4.79 Å². The number of unbranched alkanes of at least 4 members (excludes halogenated alkanes) is 2. The number of carboxylic acid groups (broad SMARTS) is 1. The van der Waals surface area contributed by atoms with Crippen LogP contribution in [0.5, 0.6) is 0 Å². The molecule has 1 aliphatic carbocycles. The zero-order valence-electron chi connectivity index (χ0n) is 17.5. The van der Waals surface area contributed by atoms with Crippen LogP contribution in [0, 0.1) is 17.8 Å². The summed E-state index contributed by atoms with van der Waals surface area (Å²) < 4.78 is 6.25. The quantitative estimate of drug-likeness (QED) is 0.280. The molecule has 3 fully saturated rings. The number of fused-ring (bicyclic) bond motifs is 2. The van der Waals surface area contributed by atoms with E-state index < -0.39 is 5.97 Å². The summed E-state index contributed by atoms with van der Waals surface area (Å²) in [5.41, 5.74) is 0. The Hall–Kier alpha value is -0.480. The minimum absolute atomic E-state index is 0.281. The molecule has 0 unspecified atom stereocenters. The summed E-state index contributed by atoms with van der Waals surface area (Å²) >= 11 is 2.20. The van der Waals surface area contributed by atoms with Gasteiger partial charge in [0.05, 0.1) is 12.2 Å². The van der Waals surface area contributed by atoms with Gasteiger partial charge in [0.25, 0.3) is 0 Å². The predicted molar refractivity (Wildman–Crippen MR) is 118 cm³/mol. The van der Waals surface area contributed by atoms with Crippen molar-refractivity contribution in [2.75, 3.05) is 11.5 Å². The molecule has 3 aliphatic rings. The number of hydrogen-bond acceptors (Lipinski definition) is 3. The van der Waals surface area contributed by atoms with Gasteiger partial charge in [0.15, 0.2) is 0 Å². The van der Waals surface area contributed by atoms with Crippen molar-refractivity contribution < 1.29 is 14.6 Å². The lowest BCUT2D eigenvalue weighted by molar-refractivity contribution is -0.137. The third-order valence-corrected chi connectivity index (χ3v) is 8.37. The number of aliphatic carboxylic acids is 1. The van der Waals surface area contributed by atoms with Crippen LogP contribution in [-0.2, 0) is 9.53 Å². The molecule has 0 radical (unpaired) electrons. The van der Waals surface area contributed by atoms with Crippen molar-refractivity contribution in [3.8, 4) is 0 Å². The highest BCUT2D eigenvalue weighted by atomic mass is 32.2. The second kappa shape index (κ2) is 12.3. The van der Waals surface area contributed by atoms with E-state index in [2.05, 4.69) is 23.9 Å². The highest BCUT2D eigenvalue weighted by Crippen LogP contribution is 2.47. The van der Waals surface area contributed by atoms with Crippen LogP contribution in [0.3, 0.4) is 0 Å². The molecule has 0 amide bonds. The van der Waals surface area contributed by atoms with Crippen molar-refractivity contribution in [2.24, 2.45) is 17.8 Å². The molecule has 0 aromatic rings. The molecule has 4 heteroatoms. The van der Waals surface area contributed by atoms with Crippen molar-refractivity contribution >= 4 is 17.7 Å². The van der Waals surface area contributed by atoms with Crippen molar-refractivity contribution in [2.45, 2.75) is 102 Å². The van der Waals surface area contributed by atoms with Crippen LogP contribution in [0.2, 0.25) is 0 Å².